The van der Waals surface area contributed by atoms with Gasteiger partial charge in [-0.1, -0.05) is 19.4 Å². The molecule has 26 heavy (non-hydrogen) atoms. The first-order valence-corrected chi connectivity index (χ1v) is 9.81. The Morgan fingerprint density at radius 3 is 2.85 bits per heavy atom. The van der Waals surface area contributed by atoms with Crippen molar-refractivity contribution in [2.75, 3.05) is 26.2 Å². The molecule has 2 fully saturated rings. The lowest BCUT2D eigenvalue weighted by Crippen LogP contribution is -2.55. The van der Waals surface area contributed by atoms with Crippen molar-refractivity contribution in [1.82, 2.24) is 9.80 Å². The lowest BCUT2D eigenvalue weighted by atomic mass is 9.73. The molecule has 0 bridgehead atoms. The molecule has 1 aromatic carbocycles. The number of likely N-dealkylation sites (tertiary alicyclic amines) is 2. The van der Waals surface area contributed by atoms with Gasteiger partial charge in [0.1, 0.15) is 5.75 Å². The number of benzene rings is 1. The van der Waals surface area contributed by atoms with Crippen LogP contribution >= 0.6 is 0 Å². The van der Waals surface area contributed by atoms with Crippen LogP contribution in [0.5, 0.6) is 5.75 Å². The summed E-state index contributed by atoms with van der Waals surface area (Å²) in [6.07, 6.45) is 5.63. The molecule has 1 aromatic rings. The monoisotopic (exact) mass is 358 g/mol. The molecule has 2 saturated heterocycles. The molecule has 1 atom stereocenters. The van der Waals surface area contributed by atoms with E-state index < -0.39 is 0 Å². The number of aromatic hydroxyl groups is 1. The number of carbonyl (C=O) groups is 2. The standard InChI is InChI=1S/C21H30N2O3/c1-3-4-12-22-14-21(11-9-19(22)25)10-6-13-23(15-21)20(26)17-7-5-8-18(24)16(17)2/h5,7-8,24H,3-4,6,9-15H2,1-2H3/t21-/m1/s1. The maximum Gasteiger partial charge on any atom is 0.254 e. The van der Waals surface area contributed by atoms with E-state index in [0.717, 1.165) is 51.7 Å². The number of phenols is 1. The number of unbranched alkanes of at least 4 members (excludes halogenated alkanes) is 1. The van der Waals surface area contributed by atoms with Crippen molar-refractivity contribution in [2.45, 2.75) is 52.4 Å². The van der Waals surface area contributed by atoms with Crippen LogP contribution in [0, 0.1) is 12.3 Å². The summed E-state index contributed by atoms with van der Waals surface area (Å²) in [6.45, 7) is 6.98. The molecular formula is C21H30N2O3. The molecule has 3 rings (SSSR count). The first-order chi connectivity index (χ1) is 12.5. The summed E-state index contributed by atoms with van der Waals surface area (Å²) in [5.41, 5.74) is 1.25. The molecule has 0 unspecified atom stereocenters. The number of phenolic OH excluding ortho intramolecular Hbond substituents is 1. The first-order valence-electron chi connectivity index (χ1n) is 9.81. The summed E-state index contributed by atoms with van der Waals surface area (Å²) < 4.78 is 0. The molecule has 0 radical (unpaired) electrons. The first kappa shape index (κ1) is 18.7. The summed E-state index contributed by atoms with van der Waals surface area (Å²) in [5.74, 6) is 0.419. The van der Waals surface area contributed by atoms with E-state index in [1.54, 1.807) is 25.1 Å². The van der Waals surface area contributed by atoms with Gasteiger partial charge in [0, 0.05) is 49.1 Å². The van der Waals surface area contributed by atoms with Crippen LogP contribution in [0.25, 0.3) is 0 Å². The Hall–Kier alpha value is -2.04. The molecule has 2 amide bonds. The van der Waals surface area contributed by atoms with E-state index >= 15 is 0 Å². The fourth-order valence-corrected chi connectivity index (χ4v) is 4.39. The second-order valence-electron chi connectivity index (χ2n) is 7.95. The van der Waals surface area contributed by atoms with Crippen LogP contribution in [0.2, 0.25) is 0 Å². The predicted octanol–water partition coefficient (Wildman–Crippen LogP) is 3.35. The Morgan fingerprint density at radius 1 is 1.27 bits per heavy atom. The van der Waals surface area contributed by atoms with Crippen molar-refractivity contribution >= 4 is 11.8 Å². The highest BCUT2D eigenvalue weighted by atomic mass is 16.3. The van der Waals surface area contributed by atoms with Gasteiger partial charge in [0.25, 0.3) is 5.91 Å². The second-order valence-corrected chi connectivity index (χ2v) is 7.95. The molecule has 142 valence electrons. The van der Waals surface area contributed by atoms with Gasteiger partial charge >= 0.3 is 0 Å². The highest BCUT2D eigenvalue weighted by Gasteiger charge is 2.42. The fourth-order valence-electron chi connectivity index (χ4n) is 4.39. The van der Waals surface area contributed by atoms with Crippen molar-refractivity contribution in [2.24, 2.45) is 5.41 Å². The molecule has 0 aromatic heterocycles. The van der Waals surface area contributed by atoms with E-state index in [2.05, 4.69) is 6.92 Å². The highest BCUT2D eigenvalue weighted by Crippen LogP contribution is 2.39. The van der Waals surface area contributed by atoms with Crippen LogP contribution in [0.4, 0.5) is 0 Å². The molecule has 1 N–H and O–H groups in total. The SMILES string of the molecule is CCCCN1C[C@@]2(CCCN(C(=O)c3cccc(O)c3C)C2)CCC1=O. The van der Waals surface area contributed by atoms with Crippen LogP contribution in [-0.2, 0) is 4.79 Å². The van der Waals surface area contributed by atoms with Gasteiger partial charge in [-0.05, 0) is 44.7 Å². The summed E-state index contributed by atoms with van der Waals surface area (Å²) in [6, 6.07) is 5.12. The minimum absolute atomic E-state index is 0.00511. The molecule has 1 spiro atoms. The Balaban J connectivity index is 1.75. The summed E-state index contributed by atoms with van der Waals surface area (Å²) in [7, 11) is 0. The average molecular weight is 358 g/mol. The number of hydrogen-bond acceptors (Lipinski definition) is 3. The Bertz CT molecular complexity index is 688. The highest BCUT2D eigenvalue weighted by molar-refractivity contribution is 5.96. The van der Waals surface area contributed by atoms with Crippen LogP contribution in [0.3, 0.4) is 0 Å². The van der Waals surface area contributed by atoms with Gasteiger partial charge in [-0.3, -0.25) is 9.59 Å². The van der Waals surface area contributed by atoms with E-state index in [4.69, 9.17) is 0 Å². The minimum Gasteiger partial charge on any atom is -0.508 e. The molecule has 2 aliphatic rings. The lowest BCUT2D eigenvalue weighted by Gasteiger charge is -2.48. The van der Waals surface area contributed by atoms with Gasteiger partial charge in [0.15, 0.2) is 0 Å². The average Bonchev–Trinajstić information content (AvgIpc) is 2.64. The van der Waals surface area contributed by atoms with Crippen LogP contribution in [0.15, 0.2) is 18.2 Å². The van der Waals surface area contributed by atoms with Crippen LogP contribution in [-0.4, -0.2) is 52.9 Å². The zero-order chi connectivity index (χ0) is 18.7. The third-order valence-electron chi connectivity index (χ3n) is 6.01. The van der Waals surface area contributed by atoms with Gasteiger partial charge in [-0.25, -0.2) is 0 Å². The molecule has 5 heteroatoms. The van der Waals surface area contributed by atoms with Crippen molar-refractivity contribution < 1.29 is 14.7 Å². The second kappa shape index (κ2) is 7.68. The van der Waals surface area contributed by atoms with E-state index in [1.807, 2.05) is 9.80 Å². The maximum absolute atomic E-state index is 13.1. The largest absolute Gasteiger partial charge is 0.508 e. The Morgan fingerprint density at radius 2 is 2.08 bits per heavy atom. The van der Waals surface area contributed by atoms with Gasteiger partial charge in [-0.2, -0.15) is 0 Å². The summed E-state index contributed by atoms with van der Waals surface area (Å²) in [5, 5.41) is 9.92. The minimum atomic E-state index is -0.00511. The number of piperidine rings is 2. The number of rotatable bonds is 4. The number of hydrogen-bond donors (Lipinski definition) is 1. The number of nitrogens with zero attached hydrogens (tertiary/aromatic N) is 2. The Labute approximate surface area is 156 Å². The molecule has 5 nitrogen and oxygen atoms in total. The topological polar surface area (TPSA) is 60.9 Å². The van der Waals surface area contributed by atoms with Crippen LogP contribution in [0.1, 0.15) is 61.4 Å². The van der Waals surface area contributed by atoms with Gasteiger partial charge < -0.3 is 14.9 Å². The van der Waals surface area contributed by atoms with Crippen molar-refractivity contribution in [3.8, 4) is 5.75 Å². The zero-order valence-electron chi connectivity index (χ0n) is 16.0. The number of amides is 2. The van der Waals surface area contributed by atoms with E-state index in [9.17, 15) is 14.7 Å². The molecule has 2 aliphatic heterocycles. The smallest absolute Gasteiger partial charge is 0.254 e. The third-order valence-corrected chi connectivity index (χ3v) is 6.01. The molecule has 0 aliphatic carbocycles. The van der Waals surface area contributed by atoms with E-state index in [1.165, 1.54) is 0 Å². The molecule has 0 saturated carbocycles. The van der Waals surface area contributed by atoms with Crippen molar-refractivity contribution in [3.63, 3.8) is 0 Å². The van der Waals surface area contributed by atoms with Gasteiger partial charge in [0.05, 0.1) is 0 Å². The zero-order valence-corrected chi connectivity index (χ0v) is 16.0. The maximum atomic E-state index is 13.1. The van der Waals surface area contributed by atoms with Crippen molar-refractivity contribution in [1.29, 1.82) is 0 Å². The van der Waals surface area contributed by atoms with Gasteiger partial charge in [-0.15, -0.1) is 0 Å². The predicted molar refractivity (Wildman–Crippen MR) is 101 cm³/mol. The summed E-state index contributed by atoms with van der Waals surface area (Å²) >= 11 is 0. The Kier molecular flexibility index (Phi) is 5.54. The molecule has 2 heterocycles. The third kappa shape index (κ3) is 3.71. The van der Waals surface area contributed by atoms with E-state index in [0.29, 0.717) is 24.1 Å². The lowest BCUT2D eigenvalue weighted by molar-refractivity contribution is -0.139. The van der Waals surface area contributed by atoms with Gasteiger partial charge in [0.2, 0.25) is 5.91 Å². The fraction of sp³-hybridized carbons (Fsp3) is 0.619. The van der Waals surface area contributed by atoms with Crippen LogP contribution < -0.4 is 0 Å². The van der Waals surface area contributed by atoms with Crippen molar-refractivity contribution in [3.05, 3.63) is 29.3 Å². The molecular weight excluding hydrogens is 328 g/mol. The summed E-state index contributed by atoms with van der Waals surface area (Å²) in [4.78, 5) is 29.3. The quantitative estimate of drug-likeness (QED) is 0.898. The number of carbonyl (C=O) groups excluding carboxylic acids is 2. The van der Waals surface area contributed by atoms with E-state index in [-0.39, 0.29) is 23.0 Å². The normalized spacial score (nSPS) is 23.5.